The van der Waals surface area contributed by atoms with Crippen molar-refractivity contribution in [3.05, 3.63) is 48.0 Å². The molecule has 2 aromatic carbocycles. The highest BCUT2D eigenvalue weighted by Gasteiger charge is 2.05. The van der Waals surface area contributed by atoms with E-state index in [0.717, 1.165) is 18.2 Å². The van der Waals surface area contributed by atoms with Crippen LogP contribution in [0, 0.1) is 11.6 Å². The van der Waals surface area contributed by atoms with E-state index in [4.69, 9.17) is 15.2 Å². The molecular weight excluding hydrogens is 240 g/mol. The van der Waals surface area contributed by atoms with Crippen molar-refractivity contribution in [1.82, 2.24) is 0 Å². The molecule has 0 unspecified atom stereocenters. The summed E-state index contributed by atoms with van der Waals surface area (Å²) in [6, 6.07) is 7.67. The molecule has 18 heavy (non-hydrogen) atoms. The Kier molecular flexibility index (Phi) is 3.32. The lowest BCUT2D eigenvalue weighted by Gasteiger charge is -2.09. The zero-order valence-electron chi connectivity index (χ0n) is 9.61. The SMILES string of the molecule is COc1ccc(Oc2cc(F)cc(F)c2)cc1N. The number of hydrogen-bond acceptors (Lipinski definition) is 3. The summed E-state index contributed by atoms with van der Waals surface area (Å²) in [5, 5.41) is 0. The van der Waals surface area contributed by atoms with Gasteiger partial charge in [-0.25, -0.2) is 8.78 Å². The maximum absolute atomic E-state index is 13.0. The smallest absolute Gasteiger partial charge is 0.142 e. The van der Waals surface area contributed by atoms with Gasteiger partial charge in [-0.15, -0.1) is 0 Å². The molecule has 0 saturated carbocycles. The first-order chi connectivity index (χ1) is 8.58. The fourth-order valence-corrected chi connectivity index (χ4v) is 1.50. The highest BCUT2D eigenvalue weighted by molar-refractivity contribution is 5.56. The van der Waals surface area contributed by atoms with E-state index in [2.05, 4.69) is 0 Å². The number of ether oxygens (including phenoxy) is 2. The molecule has 2 N–H and O–H groups in total. The van der Waals surface area contributed by atoms with Crippen LogP contribution >= 0.6 is 0 Å². The Balaban J connectivity index is 2.25. The van der Waals surface area contributed by atoms with Crippen LogP contribution in [-0.2, 0) is 0 Å². The van der Waals surface area contributed by atoms with Gasteiger partial charge in [0.05, 0.1) is 12.8 Å². The molecule has 0 saturated heterocycles. The Morgan fingerprint density at radius 2 is 1.61 bits per heavy atom. The molecule has 0 aliphatic heterocycles. The Bertz CT molecular complexity index is 553. The average molecular weight is 251 g/mol. The molecule has 2 aromatic rings. The molecule has 5 heteroatoms. The number of benzene rings is 2. The van der Waals surface area contributed by atoms with Crippen LogP contribution < -0.4 is 15.2 Å². The summed E-state index contributed by atoms with van der Waals surface area (Å²) in [4.78, 5) is 0. The molecular formula is C13H11F2NO2. The lowest BCUT2D eigenvalue weighted by molar-refractivity contribution is 0.415. The Morgan fingerprint density at radius 1 is 0.944 bits per heavy atom. The first kappa shape index (κ1) is 12.2. The number of hydrogen-bond donors (Lipinski definition) is 1. The Labute approximate surface area is 103 Å². The minimum absolute atomic E-state index is 0.0667. The normalized spacial score (nSPS) is 10.2. The molecule has 3 nitrogen and oxygen atoms in total. The van der Waals surface area contributed by atoms with Crippen LogP contribution in [0.2, 0.25) is 0 Å². The lowest BCUT2D eigenvalue weighted by Crippen LogP contribution is -1.93. The van der Waals surface area contributed by atoms with Gasteiger partial charge in [0.2, 0.25) is 0 Å². The van der Waals surface area contributed by atoms with Crippen LogP contribution in [0.3, 0.4) is 0 Å². The maximum Gasteiger partial charge on any atom is 0.142 e. The first-order valence-electron chi connectivity index (χ1n) is 5.16. The van der Waals surface area contributed by atoms with Gasteiger partial charge in [-0.1, -0.05) is 0 Å². The van der Waals surface area contributed by atoms with Gasteiger partial charge in [-0.2, -0.15) is 0 Å². The average Bonchev–Trinajstić information content (AvgIpc) is 2.27. The van der Waals surface area contributed by atoms with Crippen molar-refractivity contribution in [2.45, 2.75) is 0 Å². The van der Waals surface area contributed by atoms with Gasteiger partial charge in [-0.05, 0) is 12.1 Å². The van der Waals surface area contributed by atoms with E-state index < -0.39 is 11.6 Å². The van der Waals surface area contributed by atoms with Crippen molar-refractivity contribution in [1.29, 1.82) is 0 Å². The largest absolute Gasteiger partial charge is 0.495 e. The first-order valence-corrected chi connectivity index (χ1v) is 5.16. The number of methoxy groups -OCH3 is 1. The van der Waals surface area contributed by atoms with Crippen LogP contribution in [0.25, 0.3) is 0 Å². The fourth-order valence-electron chi connectivity index (χ4n) is 1.50. The summed E-state index contributed by atoms with van der Waals surface area (Å²) < 4.78 is 36.2. The molecule has 0 spiro atoms. The lowest BCUT2D eigenvalue weighted by atomic mass is 10.2. The number of rotatable bonds is 3. The molecule has 0 atom stereocenters. The third-order valence-electron chi connectivity index (χ3n) is 2.27. The summed E-state index contributed by atoms with van der Waals surface area (Å²) >= 11 is 0. The van der Waals surface area contributed by atoms with E-state index >= 15 is 0 Å². The van der Waals surface area contributed by atoms with Crippen LogP contribution in [0.15, 0.2) is 36.4 Å². The highest BCUT2D eigenvalue weighted by Crippen LogP contribution is 2.29. The summed E-state index contributed by atoms with van der Waals surface area (Å²) in [6.45, 7) is 0. The van der Waals surface area contributed by atoms with Gasteiger partial charge in [0.1, 0.15) is 28.9 Å². The minimum atomic E-state index is -0.702. The summed E-state index contributed by atoms with van der Waals surface area (Å²) in [5.41, 5.74) is 6.07. The minimum Gasteiger partial charge on any atom is -0.495 e. The molecule has 0 heterocycles. The quantitative estimate of drug-likeness (QED) is 0.851. The predicted molar refractivity (Wildman–Crippen MR) is 63.8 cm³/mol. The predicted octanol–water partition coefficient (Wildman–Crippen LogP) is 3.35. The van der Waals surface area contributed by atoms with Gasteiger partial charge < -0.3 is 15.2 Å². The van der Waals surface area contributed by atoms with E-state index in [0.29, 0.717) is 17.2 Å². The van der Waals surface area contributed by atoms with Crippen molar-refractivity contribution in [2.24, 2.45) is 0 Å². The highest BCUT2D eigenvalue weighted by atomic mass is 19.1. The second-order valence-corrected chi connectivity index (χ2v) is 3.61. The van der Waals surface area contributed by atoms with Crippen LogP contribution in [0.1, 0.15) is 0 Å². The van der Waals surface area contributed by atoms with Gasteiger partial charge in [0, 0.05) is 24.3 Å². The number of anilines is 1. The van der Waals surface area contributed by atoms with Crippen molar-refractivity contribution in [3.63, 3.8) is 0 Å². The molecule has 0 amide bonds. The van der Waals surface area contributed by atoms with Crippen LogP contribution in [0.5, 0.6) is 17.2 Å². The molecule has 0 aromatic heterocycles. The molecule has 94 valence electrons. The van der Waals surface area contributed by atoms with E-state index in [1.807, 2.05) is 0 Å². The molecule has 0 bridgehead atoms. The van der Waals surface area contributed by atoms with Crippen molar-refractivity contribution in [2.75, 3.05) is 12.8 Å². The van der Waals surface area contributed by atoms with Crippen molar-refractivity contribution < 1.29 is 18.3 Å². The molecule has 0 aliphatic carbocycles. The molecule has 0 radical (unpaired) electrons. The molecule has 0 aliphatic rings. The van der Waals surface area contributed by atoms with Gasteiger partial charge >= 0.3 is 0 Å². The van der Waals surface area contributed by atoms with Crippen molar-refractivity contribution >= 4 is 5.69 Å². The summed E-state index contributed by atoms with van der Waals surface area (Å²) in [6.07, 6.45) is 0. The van der Waals surface area contributed by atoms with E-state index in [1.165, 1.54) is 13.2 Å². The fraction of sp³-hybridized carbons (Fsp3) is 0.0769. The number of nitrogens with two attached hydrogens (primary N) is 1. The van der Waals surface area contributed by atoms with E-state index in [1.54, 1.807) is 12.1 Å². The standard InChI is InChI=1S/C13H11F2NO2/c1-17-13-3-2-10(7-12(13)16)18-11-5-8(14)4-9(15)6-11/h2-7H,16H2,1H3. The summed E-state index contributed by atoms with van der Waals surface area (Å²) in [7, 11) is 1.49. The third-order valence-corrected chi connectivity index (χ3v) is 2.27. The van der Waals surface area contributed by atoms with Crippen molar-refractivity contribution in [3.8, 4) is 17.2 Å². The Hall–Kier alpha value is -2.30. The maximum atomic E-state index is 13.0. The second-order valence-electron chi connectivity index (χ2n) is 3.61. The van der Waals surface area contributed by atoms with E-state index in [-0.39, 0.29) is 5.75 Å². The van der Waals surface area contributed by atoms with Gasteiger partial charge in [0.15, 0.2) is 0 Å². The van der Waals surface area contributed by atoms with Gasteiger partial charge in [-0.3, -0.25) is 0 Å². The monoisotopic (exact) mass is 251 g/mol. The molecule has 2 rings (SSSR count). The van der Waals surface area contributed by atoms with Crippen LogP contribution in [0.4, 0.5) is 14.5 Å². The van der Waals surface area contributed by atoms with Crippen LogP contribution in [-0.4, -0.2) is 7.11 Å². The zero-order valence-corrected chi connectivity index (χ0v) is 9.61. The summed E-state index contributed by atoms with van der Waals surface area (Å²) in [5.74, 6) is -0.457. The zero-order chi connectivity index (χ0) is 13.1. The van der Waals surface area contributed by atoms with E-state index in [9.17, 15) is 8.78 Å². The number of halogens is 2. The number of nitrogen functional groups attached to an aromatic ring is 1. The third kappa shape index (κ3) is 2.68. The molecule has 0 fully saturated rings. The second kappa shape index (κ2) is 4.91. The topological polar surface area (TPSA) is 44.5 Å². The van der Waals surface area contributed by atoms with Gasteiger partial charge in [0.25, 0.3) is 0 Å². The Morgan fingerprint density at radius 3 is 2.17 bits per heavy atom.